The maximum atomic E-state index is 12.5. The molecule has 0 radical (unpaired) electrons. The van der Waals surface area contributed by atoms with Crippen LogP contribution in [-0.2, 0) is 9.47 Å². The third kappa shape index (κ3) is 6.64. The van der Waals surface area contributed by atoms with Gasteiger partial charge in [0.1, 0.15) is 36.2 Å². The van der Waals surface area contributed by atoms with Crippen molar-refractivity contribution in [3.8, 4) is 23.0 Å². The molecule has 6 rings (SSSR count). The van der Waals surface area contributed by atoms with Gasteiger partial charge in [-0.05, 0) is 43.0 Å². The molecule has 2 amide bonds. The fraction of sp³-hybridized carbons (Fsp3) is 0.278. The number of alkyl carbamates (subject to hydrolysis) is 2. The van der Waals surface area contributed by atoms with Crippen molar-refractivity contribution in [1.82, 2.24) is 10.6 Å². The predicted molar refractivity (Wildman–Crippen MR) is 167 cm³/mol. The summed E-state index contributed by atoms with van der Waals surface area (Å²) in [6.45, 7) is 3.46. The number of hydrogen-bond acceptors (Lipinski definition) is 6. The highest BCUT2D eigenvalue weighted by molar-refractivity contribution is 5.68. The fourth-order valence-electron chi connectivity index (χ4n) is 5.80. The van der Waals surface area contributed by atoms with Gasteiger partial charge >= 0.3 is 12.2 Å². The highest BCUT2D eigenvalue weighted by Crippen LogP contribution is 2.45. The Morgan fingerprint density at radius 3 is 1.45 bits per heavy atom. The molecule has 0 aliphatic carbocycles. The summed E-state index contributed by atoms with van der Waals surface area (Å²) in [5.41, 5.74) is 4.00. The average molecular weight is 593 g/mol. The first-order chi connectivity index (χ1) is 21.6. The van der Waals surface area contributed by atoms with Crippen LogP contribution in [0, 0.1) is 5.92 Å². The zero-order valence-electron chi connectivity index (χ0n) is 24.7. The van der Waals surface area contributed by atoms with Crippen LogP contribution in [0.25, 0.3) is 0 Å². The zero-order valence-corrected chi connectivity index (χ0v) is 24.7. The van der Waals surface area contributed by atoms with Crippen LogP contribution in [0.5, 0.6) is 23.0 Å². The van der Waals surface area contributed by atoms with Crippen molar-refractivity contribution in [3.05, 3.63) is 119 Å². The van der Waals surface area contributed by atoms with Gasteiger partial charge in [-0.25, -0.2) is 9.59 Å². The summed E-state index contributed by atoms with van der Waals surface area (Å²) < 4.78 is 23.3. The second kappa shape index (κ2) is 13.5. The third-order valence-corrected chi connectivity index (χ3v) is 8.12. The summed E-state index contributed by atoms with van der Waals surface area (Å²) in [5, 5.41) is 5.73. The lowest BCUT2D eigenvalue weighted by Crippen LogP contribution is -2.31. The Labute approximate surface area is 257 Å². The molecule has 1 unspecified atom stereocenters. The van der Waals surface area contributed by atoms with Crippen LogP contribution in [-0.4, -0.2) is 38.5 Å². The number of carbonyl (C=O) groups excluding carboxylic acids is 2. The van der Waals surface area contributed by atoms with E-state index < -0.39 is 12.2 Å². The molecule has 8 heteroatoms. The minimum absolute atomic E-state index is 0.0938. The van der Waals surface area contributed by atoms with E-state index in [4.69, 9.17) is 18.9 Å². The molecule has 1 atom stereocenters. The van der Waals surface area contributed by atoms with Crippen molar-refractivity contribution in [1.29, 1.82) is 0 Å². The molecule has 2 heterocycles. The molecule has 2 N–H and O–H groups in total. The van der Waals surface area contributed by atoms with Crippen LogP contribution < -0.4 is 20.1 Å². The number of rotatable bonds is 10. The molecular formula is C36H36N2O6. The second-order valence-electron chi connectivity index (χ2n) is 11.2. The van der Waals surface area contributed by atoms with Crippen LogP contribution >= 0.6 is 0 Å². The average Bonchev–Trinajstić information content (AvgIpc) is 3.06. The molecule has 0 aromatic heterocycles. The molecule has 0 saturated heterocycles. The number of carbonyl (C=O) groups is 2. The first-order valence-electron chi connectivity index (χ1n) is 15.1. The molecule has 2 aliphatic heterocycles. The lowest BCUT2D eigenvalue weighted by Gasteiger charge is -2.28. The Kier molecular flexibility index (Phi) is 8.96. The van der Waals surface area contributed by atoms with Gasteiger partial charge in [0.05, 0.1) is 11.8 Å². The zero-order chi connectivity index (χ0) is 30.3. The van der Waals surface area contributed by atoms with Gasteiger partial charge in [-0.2, -0.15) is 0 Å². The normalized spacial score (nSPS) is 13.9. The van der Waals surface area contributed by atoms with Gasteiger partial charge in [0.25, 0.3) is 0 Å². The molecule has 0 saturated carbocycles. The number of hydrogen-bond donors (Lipinski definition) is 2. The minimum Gasteiger partial charge on any atom is -0.457 e. The van der Waals surface area contributed by atoms with Crippen molar-refractivity contribution in [2.45, 2.75) is 31.6 Å². The SMILES string of the molecule is CC(CCCNC(=O)OCC1c2ccccc2Oc2ccccc21)CNC(=O)OCC1c2ccccc2Oc2ccccc21. The van der Waals surface area contributed by atoms with E-state index in [1.165, 1.54) is 0 Å². The van der Waals surface area contributed by atoms with Crippen LogP contribution in [0.1, 0.15) is 53.9 Å². The van der Waals surface area contributed by atoms with Crippen LogP contribution in [0.15, 0.2) is 97.1 Å². The van der Waals surface area contributed by atoms with E-state index >= 15 is 0 Å². The third-order valence-electron chi connectivity index (χ3n) is 8.12. The molecular weight excluding hydrogens is 556 g/mol. The van der Waals surface area contributed by atoms with E-state index in [1.807, 2.05) is 97.1 Å². The van der Waals surface area contributed by atoms with Gasteiger partial charge in [-0.3, -0.25) is 0 Å². The van der Waals surface area contributed by atoms with E-state index in [1.54, 1.807) is 0 Å². The predicted octanol–water partition coefficient (Wildman–Crippen LogP) is 7.73. The molecule has 2 aliphatic rings. The van der Waals surface area contributed by atoms with Crippen molar-refractivity contribution in [2.75, 3.05) is 26.3 Å². The Bertz CT molecular complexity index is 1530. The van der Waals surface area contributed by atoms with Gasteiger partial charge in [-0.1, -0.05) is 79.7 Å². The monoisotopic (exact) mass is 592 g/mol. The van der Waals surface area contributed by atoms with Crippen LogP contribution in [0.3, 0.4) is 0 Å². The van der Waals surface area contributed by atoms with Gasteiger partial charge in [0.15, 0.2) is 0 Å². The quantitative estimate of drug-likeness (QED) is 0.183. The van der Waals surface area contributed by atoms with Crippen molar-refractivity contribution in [2.24, 2.45) is 5.92 Å². The van der Waals surface area contributed by atoms with Crippen LogP contribution in [0.2, 0.25) is 0 Å². The van der Waals surface area contributed by atoms with Crippen LogP contribution in [0.4, 0.5) is 9.59 Å². The van der Waals surface area contributed by atoms with Gasteiger partial charge < -0.3 is 29.6 Å². The Balaban J connectivity index is 0.901. The van der Waals surface area contributed by atoms with Gasteiger partial charge in [0.2, 0.25) is 0 Å². The van der Waals surface area contributed by atoms with Gasteiger partial charge in [-0.15, -0.1) is 0 Å². The first kappa shape index (κ1) is 29.1. The van der Waals surface area contributed by atoms with Crippen molar-refractivity contribution in [3.63, 3.8) is 0 Å². The molecule has 8 nitrogen and oxygen atoms in total. The van der Waals surface area contributed by atoms with E-state index in [2.05, 4.69) is 17.6 Å². The second-order valence-corrected chi connectivity index (χ2v) is 11.2. The topological polar surface area (TPSA) is 95.1 Å². The molecule has 0 spiro atoms. The lowest BCUT2D eigenvalue weighted by atomic mass is 9.89. The highest BCUT2D eigenvalue weighted by atomic mass is 16.6. The smallest absolute Gasteiger partial charge is 0.407 e. The standard InChI is InChI=1S/C36H36N2O6/c1-24(21-38-36(40)42-23-30-27-14-4-8-18-33(27)44-34-19-9-5-15-28(30)34)11-10-20-37-35(39)41-22-29-25-12-2-6-16-31(25)43-32-17-7-3-13-26(29)32/h2-9,12-19,24,29-30H,10-11,20-23H2,1H3,(H,37,39)(H,38,40). The molecule has 4 aromatic carbocycles. The Morgan fingerprint density at radius 2 is 1.02 bits per heavy atom. The molecule has 4 aromatic rings. The summed E-state index contributed by atoms with van der Waals surface area (Å²) >= 11 is 0. The van der Waals surface area contributed by atoms with E-state index in [-0.39, 0.29) is 31.0 Å². The summed E-state index contributed by atoms with van der Waals surface area (Å²) in [5.74, 6) is 3.15. The largest absolute Gasteiger partial charge is 0.457 e. The molecule has 226 valence electrons. The Hall–Kier alpha value is -4.98. The van der Waals surface area contributed by atoms with Gasteiger partial charge in [0, 0.05) is 35.3 Å². The highest BCUT2D eigenvalue weighted by Gasteiger charge is 2.29. The van der Waals surface area contributed by atoms with E-state index in [9.17, 15) is 9.59 Å². The molecule has 44 heavy (non-hydrogen) atoms. The lowest BCUT2D eigenvalue weighted by molar-refractivity contribution is 0.139. The number of para-hydroxylation sites is 4. The fourth-order valence-corrected chi connectivity index (χ4v) is 5.80. The maximum Gasteiger partial charge on any atom is 0.407 e. The summed E-state index contributed by atoms with van der Waals surface area (Å²) in [7, 11) is 0. The summed E-state index contributed by atoms with van der Waals surface area (Å²) in [6, 6.07) is 31.3. The van der Waals surface area contributed by atoms with E-state index in [0.29, 0.717) is 13.1 Å². The number of benzene rings is 4. The van der Waals surface area contributed by atoms with Crippen molar-refractivity contribution >= 4 is 12.2 Å². The molecule has 0 fully saturated rings. The first-order valence-corrected chi connectivity index (χ1v) is 15.1. The number of fused-ring (bicyclic) bond motifs is 4. The maximum absolute atomic E-state index is 12.5. The number of nitrogens with one attached hydrogen (secondary N) is 2. The molecule has 0 bridgehead atoms. The summed E-state index contributed by atoms with van der Waals surface area (Å²) in [6.07, 6.45) is 0.682. The summed E-state index contributed by atoms with van der Waals surface area (Å²) in [4.78, 5) is 25.0. The van der Waals surface area contributed by atoms with E-state index in [0.717, 1.165) is 58.1 Å². The number of amides is 2. The number of ether oxygens (including phenoxy) is 4. The van der Waals surface area contributed by atoms with Crippen molar-refractivity contribution < 1.29 is 28.5 Å². The minimum atomic E-state index is -0.448. The Morgan fingerprint density at radius 1 is 0.636 bits per heavy atom.